The summed E-state index contributed by atoms with van der Waals surface area (Å²) < 4.78 is 22.5. The highest BCUT2D eigenvalue weighted by Gasteiger charge is 2.13. The number of hydrogen-bond donors (Lipinski definition) is 2. The second-order valence-corrected chi connectivity index (χ2v) is 6.85. The van der Waals surface area contributed by atoms with Crippen LogP contribution in [0, 0.1) is 5.92 Å². The van der Waals surface area contributed by atoms with E-state index < -0.39 is 10.0 Å². The van der Waals surface area contributed by atoms with Gasteiger partial charge in [-0.15, -0.1) is 0 Å². The molecule has 4 nitrogen and oxygen atoms in total. The normalized spacial score (nSPS) is 17.3. The Morgan fingerprint density at radius 2 is 1.95 bits per heavy atom. The molecule has 0 aliphatic heterocycles. The fourth-order valence-electron chi connectivity index (χ4n) is 2.68. The summed E-state index contributed by atoms with van der Waals surface area (Å²) in [6.45, 7) is 0.888. The van der Waals surface area contributed by atoms with Crippen LogP contribution in [0.1, 0.15) is 38.5 Å². The summed E-state index contributed by atoms with van der Waals surface area (Å²) in [6.07, 6.45) is 7.90. The second kappa shape index (κ2) is 6.39. The predicted molar refractivity (Wildman–Crippen MR) is 77.5 cm³/mol. The van der Waals surface area contributed by atoms with Crippen molar-refractivity contribution < 1.29 is 8.42 Å². The molecule has 0 amide bonds. The number of anilines is 1. The molecule has 2 rings (SSSR count). The number of nitrogens with two attached hydrogens (primary N) is 1. The van der Waals surface area contributed by atoms with Crippen molar-refractivity contribution in [2.75, 3.05) is 11.9 Å². The number of sulfonamides is 1. The van der Waals surface area contributed by atoms with Crippen molar-refractivity contribution in [1.82, 2.24) is 0 Å². The molecule has 106 valence electrons. The van der Waals surface area contributed by atoms with Crippen LogP contribution in [0.5, 0.6) is 0 Å². The highest BCUT2D eigenvalue weighted by molar-refractivity contribution is 7.89. The maximum absolute atomic E-state index is 11.3. The van der Waals surface area contributed by atoms with E-state index in [4.69, 9.17) is 5.14 Å². The summed E-state index contributed by atoms with van der Waals surface area (Å²) in [4.78, 5) is 0.162. The third-order valence-electron chi connectivity index (χ3n) is 3.77. The van der Waals surface area contributed by atoms with Crippen molar-refractivity contribution in [3.05, 3.63) is 24.3 Å². The molecule has 1 fully saturated rings. The van der Waals surface area contributed by atoms with Gasteiger partial charge in [0.05, 0.1) is 4.90 Å². The molecule has 0 bridgehead atoms. The zero-order valence-corrected chi connectivity index (χ0v) is 12.0. The van der Waals surface area contributed by atoms with Crippen LogP contribution in [0.25, 0.3) is 0 Å². The van der Waals surface area contributed by atoms with Gasteiger partial charge in [-0.25, -0.2) is 13.6 Å². The molecule has 5 heteroatoms. The Morgan fingerprint density at radius 1 is 1.21 bits per heavy atom. The van der Waals surface area contributed by atoms with Crippen LogP contribution in [0.15, 0.2) is 29.2 Å². The summed E-state index contributed by atoms with van der Waals surface area (Å²) in [5.74, 6) is 0.822. The molecule has 3 N–H and O–H groups in total. The van der Waals surface area contributed by atoms with Crippen molar-refractivity contribution in [2.45, 2.75) is 43.4 Å². The number of nitrogens with one attached hydrogen (secondary N) is 1. The van der Waals surface area contributed by atoms with E-state index in [0.717, 1.165) is 24.6 Å². The topological polar surface area (TPSA) is 72.2 Å². The number of rotatable bonds is 5. The summed E-state index contributed by atoms with van der Waals surface area (Å²) >= 11 is 0. The van der Waals surface area contributed by atoms with Gasteiger partial charge < -0.3 is 5.32 Å². The minimum absolute atomic E-state index is 0.162. The molecule has 0 radical (unpaired) electrons. The second-order valence-electron chi connectivity index (χ2n) is 5.29. The van der Waals surface area contributed by atoms with Gasteiger partial charge in [0.1, 0.15) is 0 Å². The Bertz CT molecular complexity index is 508. The van der Waals surface area contributed by atoms with Crippen LogP contribution < -0.4 is 10.5 Å². The summed E-state index contributed by atoms with van der Waals surface area (Å²) in [5.41, 5.74) is 0.822. The van der Waals surface area contributed by atoms with Crippen molar-refractivity contribution in [2.24, 2.45) is 11.1 Å². The number of primary sulfonamides is 1. The summed E-state index contributed by atoms with van der Waals surface area (Å²) in [6, 6.07) is 6.69. The Kier molecular flexibility index (Phi) is 4.82. The van der Waals surface area contributed by atoms with Gasteiger partial charge in [-0.2, -0.15) is 0 Å². The van der Waals surface area contributed by atoms with Gasteiger partial charge in [0.2, 0.25) is 10.0 Å². The molecule has 1 aliphatic rings. The molecule has 1 aliphatic carbocycles. The molecule has 0 spiro atoms. The largest absolute Gasteiger partial charge is 0.385 e. The Labute approximate surface area is 115 Å². The number of benzene rings is 1. The van der Waals surface area contributed by atoms with Crippen LogP contribution in [0.4, 0.5) is 5.69 Å². The lowest BCUT2D eigenvalue weighted by Crippen LogP contribution is -2.14. The molecule has 1 aromatic carbocycles. The standard InChI is InChI=1S/C14H22N2O2S/c15-19(17,18)14-8-4-7-13(11-14)16-10-9-12-5-2-1-3-6-12/h4,7-8,11-12,16H,1-3,5-6,9-10H2,(H2,15,17,18). The van der Waals surface area contributed by atoms with E-state index in [-0.39, 0.29) is 4.90 Å². The zero-order valence-electron chi connectivity index (χ0n) is 11.1. The van der Waals surface area contributed by atoms with Crippen LogP contribution in [-0.2, 0) is 10.0 Å². The smallest absolute Gasteiger partial charge is 0.238 e. The first-order valence-electron chi connectivity index (χ1n) is 6.92. The average molecular weight is 282 g/mol. The van der Waals surface area contributed by atoms with Gasteiger partial charge >= 0.3 is 0 Å². The number of hydrogen-bond acceptors (Lipinski definition) is 3. The van der Waals surface area contributed by atoms with Gasteiger partial charge in [0.15, 0.2) is 0 Å². The molecule has 1 aromatic rings. The Hall–Kier alpha value is -1.07. The van der Waals surface area contributed by atoms with E-state index in [2.05, 4.69) is 5.32 Å². The lowest BCUT2D eigenvalue weighted by Gasteiger charge is -2.21. The van der Waals surface area contributed by atoms with Crippen LogP contribution in [0.3, 0.4) is 0 Å². The van der Waals surface area contributed by atoms with E-state index in [1.54, 1.807) is 12.1 Å². The molecular formula is C14H22N2O2S. The highest BCUT2D eigenvalue weighted by Crippen LogP contribution is 2.26. The fraction of sp³-hybridized carbons (Fsp3) is 0.571. The molecule has 0 atom stereocenters. The molecule has 0 unspecified atom stereocenters. The van der Waals surface area contributed by atoms with E-state index >= 15 is 0 Å². The summed E-state index contributed by atoms with van der Waals surface area (Å²) in [7, 11) is -3.61. The molecule has 0 heterocycles. The summed E-state index contributed by atoms with van der Waals surface area (Å²) in [5, 5.41) is 8.40. The van der Waals surface area contributed by atoms with Gasteiger partial charge in [0, 0.05) is 12.2 Å². The van der Waals surface area contributed by atoms with Gasteiger partial charge in [-0.3, -0.25) is 0 Å². The van der Waals surface area contributed by atoms with Crippen LogP contribution in [0.2, 0.25) is 0 Å². The Morgan fingerprint density at radius 3 is 2.63 bits per heavy atom. The predicted octanol–water partition coefficient (Wildman–Crippen LogP) is 2.72. The van der Waals surface area contributed by atoms with Gasteiger partial charge in [-0.1, -0.05) is 38.2 Å². The lowest BCUT2D eigenvalue weighted by atomic mass is 9.87. The first-order valence-corrected chi connectivity index (χ1v) is 8.47. The maximum Gasteiger partial charge on any atom is 0.238 e. The van der Waals surface area contributed by atoms with E-state index in [9.17, 15) is 8.42 Å². The first-order chi connectivity index (χ1) is 9.05. The fourth-order valence-corrected chi connectivity index (χ4v) is 3.24. The van der Waals surface area contributed by atoms with Crippen molar-refractivity contribution >= 4 is 15.7 Å². The van der Waals surface area contributed by atoms with Gasteiger partial charge in [-0.05, 0) is 30.5 Å². The van der Waals surface area contributed by atoms with Gasteiger partial charge in [0.25, 0.3) is 0 Å². The minimum atomic E-state index is -3.61. The SMILES string of the molecule is NS(=O)(=O)c1cccc(NCCC2CCCCC2)c1. The molecular weight excluding hydrogens is 260 g/mol. The van der Waals surface area contributed by atoms with Crippen molar-refractivity contribution in [3.8, 4) is 0 Å². The third-order valence-corrected chi connectivity index (χ3v) is 4.68. The van der Waals surface area contributed by atoms with Crippen molar-refractivity contribution in [1.29, 1.82) is 0 Å². The average Bonchev–Trinajstić information content (AvgIpc) is 2.39. The highest BCUT2D eigenvalue weighted by atomic mass is 32.2. The zero-order chi connectivity index (χ0) is 13.7. The quantitative estimate of drug-likeness (QED) is 0.872. The van der Waals surface area contributed by atoms with E-state index in [1.165, 1.54) is 38.2 Å². The third kappa shape index (κ3) is 4.51. The molecule has 19 heavy (non-hydrogen) atoms. The lowest BCUT2D eigenvalue weighted by molar-refractivity contribution is 0.345. The minimum Gasteiger partial charge on any atom is -0.385 e. The van der Waals surface area contributed by atoms with E-state index in [1.807, 2.05) is 6.07 Å². The maximum atomic E-state index is 11.3. The van der Waals surface area contributed by atoms with E-state index in [0.29, 0.717) is 0 Å². The van der Waals surface area contributed by atoms with Crippen LogP contribution in [-0.4, -0.2) is 15.0 Å². The Balaban J connectivity index is 1.85. The molecule has 0 saturated heterocycles. The molecule has 1 saturated carbocycles. The first kappa shape index (κ1) is 14.3. The van der Waals surface area contributed by atoms with Crippen molar-refractivity contribution in [3.63, 3.8) is 0 Å². The van der Waals surface area contributed by atoms with Crippen LogP contribution >= 0.6 is 0 Å². The molecule has 0 aromatic heterocycles. The monoisotopic (exact) mass is 282 g/mol.